The molecule has 0 bridgehead atoms. The molecule has 7 nitrogen and oxygen atoms in total. The number of hydrogen-bond donors (Lipinski definition) is 2. The van der Waals surface area contributed by atoms with E-state index < -0.39 is 10.0 Å². The number of nitrogens with two attached hydrogens (primary N) is 1. The van der Waals surface area contributed by atoms with Gasteiger partial charge in [-0.3, -0.25) is 4.68 Å². The van der Waals surface area contributed by atoms with E-state index in [0.29, 0.717) is 18.7 Å². The number of aliphatic hydroxyl groups is 1. The van der Waals surface area contributed by atoms with E-state index in [4.69, 9.17) is 10.8 Å². The fourth-order valence-corrected chi connectivity index (χ4v) is 3.54. The van der Waals surface area contributed by atoms with Crippen LogP contribution >= 0.6 is 0 Å². The Hall–Kier alpha value is -1.12. The zero-order valence-electron chi connectivity index (χ0n) is 10.9. The Kier molecular flexibility index (Phi) is 4.71. The average Bonchev–Trinajstić information content (AvgIpc) is 2.54. The second-order valence-corrected chi connectivity index (χ2v) is 5.87. The van der Waals surface area contributed by atoms with Gasteiger partial charge in [0.2, 0.25) is 10.0 Å². The molecule has 0 aliphatic rings. The minimum Gasteiger partial charge on any atom is -0.396 e. The summed E-state index contributed by atoms with van der Waals surface area (Å²) in [6.07, 6.45) is 0.395. The van der Waals surface area contributed by atoms with Gasteiger partial charge >= 0.3 is 0 Å². The van der Waals surface area contributed by atoms with Crippen LogP contribution in [0.2, 0.25) is 0 Å². The number of aliphatic hydroxyl groups excluding tert-OH is 1. The van der Waals surface area contributed by atoms with Gasteiger partial charge < -0.3 is 10.8 Å². The molecule has 0 atom stereocenters. The first kappa shape index (κ1) is 14.9. The third-order valence-electron chi connectivity index (χ3n) is 2.82. The van der Waals surface area contributed by atoms with E-state index in [1.54, 1.807) is 20.9 Å². The standard InChI is InChI=1S/C10H20N4O3S/c1-4-14(6-5-7-15)18(16,17)9-8(2)13(3)12-10(9)11/h15H,4-7H2,1-3H3,(H2,11,12). The Balaban J connectivity index is 3.19. The zero-order valence-corrected chi connectivity index (χ0v) is 11.7. The summed E-state index contributed by atoms with van der Waals surface area (Å²) in [6.45, 7) is 3.96. The van der Waals surface area contributed by atoms with Crippen LogP contribution in [-0.4, -0.2) is 47.3 Å². The lowest BCUT2D eigenvalue weighted by Gasteiger charge is -2.20. The second-order valence-electron chi connectivity index (χ2n) is 4.00. The molecular formula is C10H20N4O3S. The van der Waals surface area contributed by atoms with Crippen molar-refractivity contribution in [3.8, 4) is 0 Å². The van der Waals surface area contributed by atoms with Crippen molar-refractivity contribution < 1.29 is 13.5 Å². The molecule has 0 saturated carbocycles. The first-order valence-electron chi connectivity index (χ1n) is 5.76. The van der Waals surface area contributed by atoms with Crippen LogP contribution in [0, 0.1) is 6.92 Å². The van der Waals surface area contributed by atoms with E-state index in [2.05, 4.69) is 5.10 Å². The maximum atomic E-state index is 12.4. The predicted molar refractivity (Wildman–Crippen MR) is 68.5 cm³/mol. The topological polar surface area (TPSA) is 101 Å². The molecule has 0 radical (unpaired) electrons. The van der Waals surface area contributed by atoms with Gasteiger partial charge in [-0.1, -0.05) is 6.92 Å². The summed E-state index contributed by atoms with van der Waals surface area (Å²) >= 11 is 0. The quantitative estimate of drug-likeness (QED) is 0.743. The minimum absolute atomic E-state index is 0.0115. The van der Waals surface area contributed by atoms with Gasteiger partial charge in [0.05, 0.1) is 5.69 Å². The van der Waals surface area contributed by atoms with Gasteiger partial charge in [0.25, 0.3) is 0 Å². The summed E-state index contributed by atoms with van der Waals surface area (Å²) in [7, 11) is -2.00. The van der Waals surface area contributed by atoms with Gasteiger partial charge in [-0.25, -0.2) is 8.42 Å². The highest BCUT2D eigenvalue weighted by atomic mass is 32.2. The lowest BCUT2D eigenvalue weighted by Crippen LogP contribution is -2.33. The molecule has 0 aliphatic carbocycles. The van der Waals surface area contributed by atoms with Gasteiger partial charge in [-0.2, -0.15) is 9.40 Å². The second kappa shape index (κ2) is 5.68. The Labute approximate surface area is 107 Å². The number of nitrogen functional groups attached to an aromatic ring is 1. The summed E-state index contributed by atoms with van der Waals surface area (Å²) in [5.41, 5.74) is 6.17. The number of aromatic nitrogens is 2. The highest BCUT2D eigenvalue weighted by Crippen LogP contribution is 2.25. The van der Waals surface area contributed by atoms with Crippen molar-refractivity contribution in [2.45, 2.75) is 25.2 Å². The number of nitrogens with zero attached hydrogens (tertiary/aromatic N) is 3. The molecule has 104 valence electrons. The van der Waals surface area contributed by atoms with Gasteiger partial charge in [-0.15, -0.1) is 0 Å². The van der Waals surface area contributed by atoms with E-state index in [9.17, 15) is 8.42 Å². The van der Waals surface area contributed by atoms with E-state index in [0.717, 1.165) is 0 Å². The van der Waals surface area contributed by atoms with Crippen molar-refractivity contribution in [3.05, 3.63) is 5.69 Å². The molecule has 1 heterocycles. The zero-order chi connectivity index (χ0) is 13.9. The lowest BCUT2D eigenvalue weighted by molar-refractivity contribution is 0.271. The van der Waals surface area contributed by atoms with Gasteiger partial charge in [0.1, 0.15) is 4.90 Å². The smallest absolute Gasteiger partial charge is 0.248 e. The fraction of sp³-hybridized carbons (Fsp3) is 0.700. The third-order valence-corrected chi connectivity index (χ3v) is 4.96. The van der Waals surface area contributed by atoms with Crippen LogP contribution in [0.5, 0.6) is 0 Å². The summed E-state index contributed by atoms with van der Waals surface area (Å²) in [6, 6.07) is 0. The molecule has 0 saturated heterocycles. The van der Waals surface area contributed by atoms with Gasteiger partial charge in [0, 0.05) is 26.7 Å². The Morgan fingerprint density at radius 3 is 2.50 bits per heavy atom. The summed E-state index contributed by atoms with van der Waals surface area (Å²) < 4.78 is 27.6. The van der Waals surface area contributed by atoms with Crippen LogP contribution in [-0.2, 0) is 17.1 Å². The molecule has 18 heavy (non-hydrogen) atoms. The number of anilines is 1. The minimum atomic E-state index is -3.65. The number of hydrogen-bond acceptors (Lipinski definition) is 5. The Morgan fingerprint density at radius 2 is 2.11 bits per heavy atom. The maximum Gasteiger partial charge on any atom is 0.248 e. The molecule has 0 aliphatic heterocycles. The van der Waals surface area contributed by atoms with E-state index in [-0.39, 0.29) is 23.9 Å². The molecule has 0 fully saturated rings. The first-order valence-corrected chi connectivity index (χ1v) is 7.20. The largest absolute Gasteiger partial charge is 0.396 e. The van der Waals surface area contributed by atoms with E-state index in [1.807, 2.05) is 0 Å². The third kappa shape index (κ3) is 2.65. The van der Waals surface area contributed by atoms with E-state index in [1.165, 1.54) is 8.99 Å². The Bertz CT molecular complexity index is 509. The normalized spacial score (nSPS) is 12.3. The molecule has 0 amide bonds. The van der Waals surface area contributed by atoms with Crippen molar-refractivity contribution in [1.29, 1.82) is 0 Å². The summed E-state index contributed by atoms with van der Waals surface area (Å²) in [5.74, 6) is 0.0115. The number of rotatable bonds is 6. The van der Waals surface area contributed by atoms with Crippen molar-refractivity contribution in [1.82, 2.24) is 14.1 Å². The van der Waals surface area contributed by atoms with Crippen LogP contribution in [0.3, 0.4) is 0 Å². The molecule has 0 aromatic carbocycles. The van der Waals surface area contributed by atoms with Gasteiger partial charge in [0.15, 0.2) is 5.82 Å². The van der Waals surface area contributed by atoms with Crippen LogP contribution < -0.4 is 5.73 Å². The van der Waals surface area contributed by atoms with E-state index >= 15 is 0 Å². The molecule has 8 heteroatoms. The molecule has 0 spiro atoms. The maximum absolute atomic E-state index is 12.4. The highest BCUT2D eigenvalue weighted by molar-refractivity contribution is 7.89. The molecular weight excluding hydrogens is 256 g/mol. The molecule has 0 unspecified atom stereocenters. The molecule has 1 aromatic heterocycles. The monoisotopic (exact) mass is 276 g/mol. The summed E-state index contributed by atoms with van der Waals surface area (Å²) in [5, 5.41) is 12.7. The molecule has 1 aromatic rings. The molecule has 1 rings (SSSR count). The van der Waals surface area contributed by atoms with Crippen molar-refractivity contribution in [3.63, 3.8) is 0 Å². The highest BCUT2D eigenvalue weighted by Gasteiger charge is 2.29. The number of aryl methyl sites for hydroxylation is 1. The van der Waals surface area contributed by atoms with Gasteiger partial charge in [-0.05, 0) is 13.3 Å². The Morgan fingerprint density at radius 1 is 1.50 bits per heavy atom. The van der Waals surface area contributed by atoms with Crippen molar-refractivity contribution >= 4 is 15.8 Å². The SMILES string of the molecule is CCN(CCCO)S(=O)(=O)c1c(N)nn(C)c1C. The predicted octanol–water partition coefficient (Wildman–Crippen LogP) is -0.296. The lowest BCUT2D eigenvalue weighted by atomic mass is 10.4. The van der Waals surface area contributed by atoms with Crippen molar-refractivity contribution in [2.24, 2.45) is 7.05 Å². The summed E-state index contributed by atoms with van der Waals surface area (Å²) in [4.78, 5) is 0.0600. The van der Waals surface area contributed by atoms with Crippen LogP contribution in [0.1, 0.15) is 19.0 Å². The van der Waals surface area contributed by atoms with Crippen LogP contribution in [0.25, 0.3) is 0 Å². The van der Waals surface area contributed by atoms with Crippen molar-refractivity contribution in [2.75, 3.05) is 25.4 Å². The number of sulfonamides is 1. The van der Waals surface area contributed by atoms with Crippen LogP contribution in [0.4, 0.5) is 5.82 Å². The fourth-order valence-electron chi connectivity index (χ4n) is 1.76. The van der Waals surface area contributed by atoms with Crippen LogP contribution in [0.15, 0.2) is 4.90 Å². The average molecular weight is 276 g/mol. The first-order chi connectivity index (χ1) is 8.36. The molecule has 3 N–H and O–H groups in total.